The van der Waals surface area contributed by atoms with E-state index in [-0.39, 0.29) is 0 Å². The molecule has 0 aliphatic heterocycles. The summed E-state index contributed by atoms with van der Waals surface area (Å²) >= 11 is 0. The van der Waals surface area contributed by atoms with Gasteiger partial charge in [0.15, 0.2) is 0 Å². The molecule has 1 N–H and O–H groups in total. The second-order valence-corrected chi connectivity index (χ2v) is 4.14. The predicted octanol–water partition coefficient (Wildman–Crippen LogP) is 3.09. The van der Waals surface area contributed by atoms with Gasteiger partial charge in [-0.2, -0.15) is 0 Å². The molecule has 0 saturated heterocycles. The van der Waals surface area contributed by atoms with E-state index >= 15 is 0 Å². The molecule has 0 saturated carbocycles. The van der Waals surface area contributed by atoms with Gasteiger partial charge in [0.25, 0.3) is 0 Å². The highest BCUT2D eigenvalue weighted by atomic mass is 16.5. The normalized spacial score (nSPS) is 12.4. The predicted molar refractivity (Wildman–Crippen MR) is 68.9 cm³/mol. The maximum Gasteiger partial charge on any atom is 0.119 e. The molecule has 1 aromatic carbocycles. The summed E-state index contributed by atoms with van der Waals surface area (Å²) in [5.74, 6) is 1.76. The summed E-state index contributed by atoms with van der Waals surface area (Å²) in [4.78, 5) is 0. The van der Waals surface area contributed by atoms with Crippen molar-refractivity contribution >= 4 is 0 Å². The molecule has 0 aliphatic carbocycles. The fourth-order valence-electron chi connectivity index (χ4n) is 1.82. The summed E-state index contributed by atoms with van der Waals surface area (Å²) in [7, 11) is 2.02. The van der Waals surface area contributed by atoms with E-state index in [0.717, 1.165) is 31.2 Å². The molecule has 90 valence electrons. The Morgan fingerprint density at radius 1 is 1.25 bits per heavy atom. The Balaban J connectivity index is 2.11. The highest BCUT2D eigenvalue weighted by molar-refractivity contribution is 5.20. The Bertz CT molecular complexity index is 261. The van der Waals surface area contributed by atoms with E-state index in [2.05, 4.69) is 12.2 Å². The van der Waals surface area contributed by atoms with Crippen molar-refractivity contribution in [3.05, 3.63) is 30.3 Å². The van der Waals surface area contributed by atoms with Crippen molar-refractivity contribution < 1.29 is 4.74 Å². The van der Waals surface area contributed by atoms with Crippen molar-refractivity contribution in [2.75, 3.05) is 20.2 Å². The van der Waals surface area contributed by atoms with E-state index in [1.165, 1.54) is 12.8 Å². The molecule has 0 bridgehead atoms. The summed E-state index contributed by atoms with van der Waals surface area (Å²) in [5, 5.41) is 3.24. The van der Waals surface area contributed by atoms with Crippen LogP contribution in [0.15, 0.2) is 30.3 Å². The standard InChI is InChI=1S/C14H23NO/c1-3-13(12-15-2)8-7-11-16-14-9-5-4-6-10-14/h4-6,9-10,13,15H,3,7-8,11-12H2,1-2H3. The van der Waals surface area contributed by atoms with E-state index in [0.29, 0.717) is 0 Å². The molecule has 1 atom stereocenters. The van der Waals surface area contributed by atoms with Gasteiger partial charge in [-0.3, -0.25) is 0 Å². The first-order valence-electron chi connectivity index (χ1n) is 6.19. The fourth-order valence-corrected chi connectivity index (χ4v) is 1.82. The molecule has 0 fully saturated rings. The monoisotopic (exact) mass is 221 g/mol. The van der Waals surface area contributed by atoms with Crippen LogP contribution in [0.25, 0.3) is 0 Å². The van der Waals surface area contributed by atoms with Gasteiger partial charge in [-0.25, -0.2) is 0 Å². The summed E-state index contributed by atoms with van der Waals surface area (Å²) in [5.41, 5.74) is 0. The molecule has 0 heterocycles. The topological polar surface area (TPSA) is 21.3 Å². The van der Waals surface area contributed by atoms with Crippen molar-refractivity contribution in [2.24, 2.45) is 5.92 Å². The minimum absolute atomic E-state index is 0.782. The van der Waals surface area contributed by atoms with Crippen LogP contribution in [-0.2, 0) is 0 Å². The van der Waals surface area contributed by atoms with Crippen molar-refractivity contribution in [1.29, 1.82) is 0 Å². The van der Waals surface area contributed by atoms with E-state index in [1.54, 1.807) is 0 Å². The lowest BCUT2D eigenvalue weighted by molar-refractivity contribution is 0.289. The van der Waals surface area contributed by atoms with Gasteiger partial charge >= 0.3 is 0 Å². The lowest BCUT2D eigenvalue weighted by atomic mass is 10.0. The summed E-state index contributed by atoms with van der Waals surface area (Å²) in [6.07, 6.45) is 3.62. The Morgan fingerprint density at radius 3 is 2.62 bits per heavy atom. The fraction of sp³-hybridized carbons (Fsp3) is 0.571. The van der Waals surface area contributed by atoms with Gasteiger partial charge in [0.05, 0.1) is 6.61 Å². The number of rotatable bonds is 8. The minimum atomic E-state index is 0.782. The Kier molecular flexibility index (Phi) is 6.66. The van der Waals surface area contributed by atoms with Crippen LogP contribution >= 0.6 is 0 Å². The SMILES string of the molecule is CCC(CCCOc1ccccc1)CNC. The van der Waals surface area contributed by atoms with Gasteiger partial charge in [-0.1, -0.05) is 31.5 Å². The number of para-hydroxylation sites is 1. The zero-order valence-electron chi connectivity index (χ0n) is 10.4. The van der Waals surface area contributed by atoms with Gasteiger partial charge in [0, 0.05) is 0 Å². The molecule has 1 unspecified atom stereocenters. The van der Waals surface area contributed by atoms with Crippen LogP contribution in [-0.4, -0.2) is 20.2 Å². The summed E-state index contributed by atoms with van der Waals surface area (Å²) in [6.45, 7) is 4.19. The summed E-state index contributed by atoms with van der Waals surface area (Å²) in [6, 6.07) is 10.0. The molecule has 0 radical (unpaired) electrons. The molecule has 1 aromatic rings. The second kappa shape index (κ2) is 8.17. The average Bonchev–Trinajstić information content (AvgIpc) is 2.34. The van der Waals surface area contributed by atoms with Crippen LogP contribution in [0.3, 0.4) is 0 Å². The van der Waals surface area contributed by atoms with Gasteiger partial charge in [0.1, 0.15) is 5.75 Å². The Labute approximate surface area is 99.0 Å². The molecule has 2 heteroatoms. The Morgan fingerprint density at radius 2 is 2.00 bits per heavy atom. The molecular weight excluding hydrogens is 198 g/mol. The van der Waals surface area contributed by atoms with Crippen molar-refractivity contribution in [3.8, 4) is 5.75 Å². The van der Waals surface area contributed by atoms with Gasteiger partial charge in [-0.05, 0) is 44.5 Å². The Hall–Kier alpha value is -1.02. The van der Waals surface area contributed by atoms with Gasteiger partial charge < -0.3 is 10.1 Å². The first-order valence-corrected chi connectivity index (χ1v) is 6.19. The first kappa shape index (κ1) is 13.0. The zero-order chi connectivity index (χ0) is 11.6. The maximum atomic E-state index is 5.66. The highest BCUT2D eigenvalue weighted by Gasteiger charge is 2.04. The van der Waals surface area contributed by atoms with Crippen LogP contribution in [0.4, 0.5) is 0 Å². The summed E-state index contributed by atoms with van der Waals surface area (Å²) < 4.78 is 5.66. The quantitative estimate of drug-likeness (QED) is 0.681. The minimum Gasteiger partial charge on any atom is -0.494 e. The third-order valence-electron chi connectivity index (χ3n) is 2.84. The molecule has 0 aliphatic rings. The molecule has 0 amide bonds. The number of nitrogens with one attached hydrogen (secondary N) is 1. The van der Waals surface area contributed by atoms with Crippen LogP contribution in [0.2, 0.25) is 0 Å². The smallest absolute Gasteiger partial charge is 0.119 e. The number of hydrogen-bond acceptors (Lipinski definition) is 2. The van der Waals surface area contributed by atoms with E-state index < -0.39 is 0 Å². The van der Waals surface area contributed by atoms with E-state index in [4.69, 9.17) is 4.74 Å². The third-order valence-corrected chi connectivity index (χ3v) is 2.84. The molecule has 0 spiro atoms. The third kappa shape index (κ3) is 5.17. The molecule has 2 nitrogen and oxygen atoms in total. The largest absolute Gasteiger partial charge is 0.494 e. The molecule has 1 rings (SSSR count). The van der Waals surface area contributed by atoms with E-state index in [1.807, 2.05) is 37.4 Å². The van der Waals surface area contributed by atoms with Crippen LogP contribution in [0.1, 0.15) is 26.2 Å². The van der Waals surface area contributed by atoms with Crippen molar-refractivity contribution in [2.45, 2.75) is 26.2 Å². The lowest BCUT2D eigenvalue weighted by Crippen LogP contribution is -2.18. The number of hydrogen-bond donors (Lipinski definition) is 1. The van der Waals surface area contributed by atoms with Crippen molar-refractivity contribution in [1.82, 2.24) is 5.32 Å². The van der Waals surface area contributed by atoms with Gasteiger partial charge in [-0.15, -0.1) is 0 Å². The first-order chi connectivity index (χ1) is 7.86. The second-order valence-electron chi connectivity index (χ2n) is 4.14. The number of ether oxygens (including phenoxy) is 1. The maximum absolute atomic E-state index is 5.66. The van der Waals surface area contributed by atoms with Gasteiger partial charge in [0.2, 0.25) is 0 Å². The average molecular weight is 221 g/mol. The lowest BCUT2D eigenvalue weighted by Gasteiger charge is -2.14. The van der Waals surface area contributed by atoms with Crippen LogP contribution in [0, 0.1) is 5.92 Å². The molecule has 16 heavy (non-hydrogen) atoms. The zero-order valence-corrected chi connectivity index (χ0v) is 10.4. The molecule has 0 aromatic heterocycles. The highest BCUT2D eigenvalue weighted by Crippen LogP contribution is 2.12. The van der Waals surface area contributed by atoms with E-state index in [9.17, 15) is 0 Å². The van der Waals surface area contributed by atoms with Crippen LogP contribution < -0.4 is 10.1 Å². The number of benzene rings is 1. The molecular formula is C14H23NO. The van der Waals surface area contributed by atoms with Crippen LogP contribution in [0.5, 0.6) is 5.75 Å². The van der Waals surface area contributed by atoms with Crippen molar-refractivity contribution in [3.63, 3.8) is 0 Å².